The minimum absolute atomic E-state index is 0.0951. The van der Waals surface area contributed by atoms with Gasteiger partial charge in [0, 0.05) is 30.2 Å². The maximum absolute atomic E-state index is 12.3. The van der Waals surface area contributed by atoms with Crippen LogP contribution in [0.15, 0.2) is 30.5 Å². The van der Waals surface area contributed by atoms with Gasteiger partial charge in [-0.2, -0.15) is 0 Å². The van der Waals surface area contributed by atoms with Crippen LogP contribution in [0.3, 0.4) is 0 Å². The lowest BCUT2D eigenvalue weighted by atomic mass is 10.1. The molecular formula is C13H13N3O2. The largest absolute Gasteiger partial charge is 0.360 e. The number of aromatic nitrogens is 1. The quantitative estimate of drug-likeness (QED) is 0.776. The molecule has 0 aliphatic carbocycles. The standard InChI is InChI=1S/C13H13N3O2/c17-12-8-16(6-5-14-12)13(18)10-7-15-11-4-2-1-3-9(10)11/h1-4,7,15H,5-6,8H2,(H,14,17). The Kier molecular flexibility index (Phi) is 2.51. The molecule has 2 aromatic rings. The number of carbonyl (C=O) groups excluding carboxylic acids is 2. The highest BCUT2D eigenvalue weighted by Crippen LogP contribution is 2.19. The number of carbonyl (C=O) groups is 2. The number of para-hydroxylation sites is 1. The summed E-state index contributed by atoms with van der Waals surface area (Å²) < 4.78 is 0. The van der Waals surface area contributed by atoms with Gasteiger partial charge in [0.1, 0.15) is 0 Å². The summed E-state index contributed by atoms with van der Waals surface area (Å²) in [6.45, 7) is 1.22. The van der Waals surface area contributed by atoms with E-state index in [9.17, 15) is 9.59 Å². The summed E-state index contributed by atoms with van der Waals surface area (Å²) in [6.07, 6.45) is 1.71. The first-order valence-corrected chi connectivity index (χ1v) is 5.88. The van der Waals surface area contributed by atoms with Crippen molar-refractivity contribution in [2.75, 3.05) is 19.6 Å². The van der Waals surface area contributed by atoms with E-state index in [2.05, 4.69) is 10.3 Å². The van der Waals surface area contributed by atoms with Crippen molar-refractivity contribution in [1.82, 2.24) is 15.2 Å². The van der Waals surface area contributed by atoms with Crippen molar-refractivity contribution < 1.29 is 9.59 Å². The van der Waals surface area contributed by atoms with Crippen LogP contribution in [0.5, 0.6) is 0 Å². The molecule has 0 bridgehead atoms. The molecule has 1 aliphatic rings. The van der Waals surface area contributed by atoms with Crippen LogP contribution in [-0.4, -0.2) is 41.3 Å². The Morgan fingerprint density at radius 2 is 2.11 bits per heavy atom. The maximum Gasteiger partial charge on any atom is 0.256 e. The molecule has 5 nitrogen and oxygen atoms in total. The lowest BCUT2D eigenvalue weighted by Crippen LogP contribution is -2.49. The van der Waals surface area contributed by atoms with E-state index in [0.29, 0.717) is 18.7 Å². The molecule has 3 rings (SSSR count). The third-order valence-electron chi connectivity index (χ3n) is 3.15. The minimum atomic E-state index is -0.102. The van der Waals surface area contributed by atoms with Gasteiger partial charge in [-0.05, 0) is 6.07 Å². The van der Waals surface area contributed by atoms with Crippen molar-refractivity contribution in [3.8, 4) is 0 Å². The molecule has 0 unspecified atom stereocenters. The van der Waals surface area contributed by atoms with Crippen LogP contribution in [0.2, 0.25) is 0 Å². The van der Waals surface area contributed by atoms with Crippen LogP contribution < -0.4 is 5.32 Å². The SMILES string of the molecule is O=C1CN(C(=O)c2c[nH]c3ccccc23)CCN1. The molecule has 18 heavy (non-hydrogen) atoms. The topological polar surface area (TPSA) is 65.2 Å². The fourth-order valence-electron chi connectivity index (χ4n) is 2.23. The Morgan fingerprint density at radius 3 is 2.94 bits per heavy atom. The van der Waals surface area contributed by atoms with E-state index < -0.39 is 0 Å². The summed E-state index contributed by atoms with van der Waals surface area (Å²) in [4.78, 5) is 28.3. The van der Waals surface area contributed by atoms with Crippen molar-refractivity contribution >= 4 is 22.7 Å². The summed E-state index contributed by atoms with van der Waals surface area (Å²) >= 11 is 0. The van der Waals surface area contributed by atoms with Gasteiger partial charge in [0.25, 0.3) is 5.91 Å². The first-order valence-electron chi connectivity index (χ1n) is 5.88. The number of amides is 2. The van der Waals surface area contributed by atoms with Crippen LogP contribution in [-0.2, 0) is 4.79 Å². The van der Waals surface area contributed by atoms with Crippen LogP contribution >= 0.6 is 0 Å². The predicted molar refractivity (Wildman–Crippen MR) is 67.2 cm³/mol. The molecule has 1 aliphatic heterocycles. The first-order chi connectivity index (χ1) is 8.75. The molecule has 1 aromatic heterocycles. The van der Waals surface area contributed by atoms with Crippen molar-refractivity contribution in [1.29, 1.82) is 0 Å². The fourth-order valence-corrected chi connectivity index (χ4v) is 2.23. The van der Waals surface area contributed by atoms with Crippen molar-refractivity contribution in [2.45, 2.75) is 0 Å². The van der Waals surface area contributed by atoms with E-state index in [1.165, 1.54) is 0 Å². The summed E-state index contributed by atoms with van der Waals surface area (Å²) in [5, 5.41) is 3.61. The average Bonchev–Trinajstić information content (AvgIpc) is 2.82. The van der Waals surface area contributed by atoms with Gasteiger partial charge in [0.05, 0.1) is 12.1 Å². The molecular weight excluding hydrogens is 230 g/mol. The molecule has 0 atom stereocenters. The van der Waals surface area contributed by atoms with E-state index in [4.69, 9.17) is 0 Å². The number of hydrogen-bond donors (Lipinski definition) is 2. The van der Waals surface area contributed by atoms with Crippen LogP contribution in [0.4, 0.5) is 0 Å². The zero-order chi connectivity index (χ0) is 12.5. The van der Waals surface area contributed by atoms with Gasteiger partial charge in [0.2, 0.25) is 5.91 Å². The van der Waals surface area contributed by atoms with E-state index >= 15 is 0 Å². The fraction of sp³-hybridized carbons (Fsp3) is 0.231. The second-order valence-electron chi connectivity index (χ2n) is 4.32. The number of aromatic amines is 1. The van der Waals surface area contributed by atoms with Crippen LogP contribution in [0, 0.1) is 0 Å². The molecule has 1 saturated heterocycles. The van der Waals surface area contributed by atoms with Gasteiger partial charge in [-0.1, -0.05) is 18.2 Å². The zero-order valence-electron chi connectivity index (χ0n) is 9.77. The highest BCUT2D eigenvalue weighted by atomic mass is 16.2. The smallest absolute Gasteiger partial charge is 0.256 e. The van der Waals surface area contributed by atoms with Gasteiger partial charge in [-0.3, -0.25) is 9.59 Å². The molecule has 2 heterocycles. The normalized spacial score (nSPS) is 15.8. The van der Waals surface area contributed by atoms with E-state index in [1.54, 1.807) is 11.1 Å². The highest BCUT2D eigenvalue weighted by molar-refractivity contribution is 6.07. The Balaban J connectivity index is 1.94. The number of hydrogen-bond acceptors (Lipinski definition) is 2. The number of nitrogens with zero attached hydrogens (tertiary/aromatic N) is 1. The van der Waals surface area contributed by atoms with Crippen molar-refractivity contribution in [2.24, 2.45) is 0 Å². The second kappa shape index (κ2) is 4.18. The van der Waals surface area contributed by atoms with Crippen LogP contribution in [0.25, 0.3) is 10.9 Å². The van der Waals surface area contributed by atoms with E-state index in [0.717, 1.165) is 10.9 Å². The predicted octanol–water partition coefficient (Wildman–Crippen LogP) is 0.740. The number of piperazine rings is 1. The van der Waals surface area contributed by atoms with Gasteiger partial charge < -0.3 is 15.2 Å². The van der Waals surface area contributed by atoms with E-state index in [-0.39, 0.29) is 18.4 Å². The summed E-state index contributed by atoms with van der Waals surface area (Å²) in [7, 11) is 0. The number of benzene rings is 1. The number of fused-ring (bicyclic) bond motifs is 1. The maximum atomic E-state index is 12.3. The summed E-state index contributed by atoms with van der Waals surface area (Å²) in [6, 6.07) is 7.65. The molecule has 5 heteroatoms. The molecule has 1 aromatic carbocycles. The molecule has 2 N–H and O–H groups in total. The van der Waals surface area contributed by atoms with Crippen molar-refractivity contribution in [3.63, 3.8) is 0 Å². The molecule has 0 spiro atoms. The van der Waals surface area contributed by atoms with E-state index in [1.807, 2.05) is 24.3 Å². The van der Waals surface area contributed by atoms with Crippen molar-refractivity contribution in [3.05, 3.63) is 36.0 Å². The number of rotatable bonds is 1. The second-order valence-corrected chi connectivity index (χ2v) is 4.32. The molecule has 1 fully saturated rings. The number of H-pyrrole nitrogens is 1. The number of nitrogens with one attached hydrogen (secondary N) is 2. The van der Waals surface area contributed by atoms with Gasteiger partial charge in [-0.15, -0.1) is 0 Å². The zero-order valence-corrected chi connectivity index (χ0v) is 9.77. The Morgan fingerprint density at radius 1 is 1.28 bits per heavy atom. The molecule has 0 saturated carbocycles. The van der Waals surface area contributed by atoms with Crippen LogP contribution in [0.1, 0.15) is 10.4 Å². The lowest BCUT2D eigenvalue weighted by molar-refractivity contribution is -0.123. The molecule has 92 valence electrons. The Bertz CT molecular complexity index is 617. The third kappa shape index (κ3) is 1.73. The monoisotopic (exact) mass is 243 g/mol. The molecule has 0 radical (unpaired) electrons. The van der Waals surface area contributed by atoms with Gasteiger partial charge in [0.15, 0.2) is 0 Å². The summed E-state index contributed by atoms with van der Waals surface area (Å²) in [5.41, 5.74) is 1.56. The first kappa shape index (κ1) is 10.8. The lowest BCUT2D eigenvalue weighted by Gasteiger charge is -2.26. The Labute approximate surface area is 104 Å². The third-order valence-corrected chi connectivity index (χ3v) is 3.15. The Hall–Kier alpha value is -2.30. The van der Waals surface area contributed by atoms with Gasteiger partial charge >= 0.3 is 0 Å². The molecule has 2 amide bonds. The average molecular weight is 243 g/mol. The minimum Gasteiger partial charge on any atom is -0.360 e. The highest BCUT2D eigenvalue weighted by Gasteiger charge is 2.23. The summed E-state index contributed by atoms with van der Waals surface area (Å²) in [5.74, 6) is -0.197. The van der Waals surface area contributed by atoms with Gasteiger partial charge in [-0.25, -0.2) is 0 Å².